The van der Waals surface area contributed by atoms with Gasteiger partial charge in [-0.3, -0.25) is 0 Å². The van der Waals surface area contributed by atoms with E-state index >= 15 is 0 Å². The van der Waals surface area contributed by atoms with Crippen molar-refractivity contribution in [3.05, 3.63) is 0 Å². The zero-order valence-electron chi connectivity index (χ0n) is 5.73. The van der Waals surface area contributed by atoms with Gasteiger partial charge in [0.1, 0.15) is 0 Å². The van der Waals surface area contributed by atoms with Gasteiger partial charge in [0.15, 0.2) is 0 Å². The molecule has 2 N–H and O–H groups in total. The van der Waals surface area contributed by atoms with Crippen LogP contribution in [-0.4, -0.2) is 5.48 Å². The Morgan fingerprint density at radius 3 is 0.714 bits per heavy atom. The molecular formula is H2CoFeMnO9P2. The van der Waals surface area contributed by atoms with Crippen LogP contribution in [0.15, 0.2) is 0 Å². The molecule has 0 heterocycles. The van der Waals surface area contributed by atoms with Gasteiger partial charge in [-0.25, -0.2) is 0 Å². The van der Waals surface area contributed by atoms with E-state index in [1.807, 2.05) is 0 Å². The van der Waals surface area contributed by atoms with Crippen LogP contribution in [0.3, 0.4) is 0 Å². The second-order valence-electron chi connectivity index (χ2n) is 0.894. The van der Waals surface area contributed by atoms with Crippen LogP contribution in [0.2, 0.25) is 0 Å². The van der Waals surface area contributed by atoms with Crippen LogP contribution in [-0.2, 0) is 60.0 Å². The predicted octanol–water partition coefficient (Wildman–Crippen LogP) is -6.48. The molecule has 9 nitrogen and oxygen atoms in total. The number of phosphoric acid groups is 2. The molecule has 0 atom stereocenters. The first-order chi connectivity index (χ1) is 4.00. The Morgan fingerprint density at radius 1 is 0.714 bits per heavy atom. The van der Waals surface area contributed by atoms with E-state index in [0.717, 1.165) is 0 Å². The zero-order chi connectivity index (χ0) is 9.00. The summed E-state index contributed by atoms with van der Waals surface area (Å²) in [5.41, 5.74) is 0. The fourth-order valence-corrected chi connectivity index (χ4v) is 0. The summed E-state index contributed by atoms with van der Waals surface area (Å²) >= 11 is 0. The minimum atomic E-state index is -5.39. The zero-order valence-corrected chi connectivity index (χ0v) is 10.8. The molecule has 0 unspecified atom stereocenters. The van der Waals surface area contributed by atoms with Crippen LogP contribution in [0.25, 0.3) is 0 Å². The average molecular weight is 378 g/mol. The molecule has 0 aliphatic rings. The smallest absolute Gasteiger partial charge is 0.822 e. The molecule has 0 aromatic rings. The minimum absolute atomic E-state index is 0. The van der Waals surface area contributed by atoms with E-state index in [0.29, 0.717) is 0 Å². The van der Waals surface area contributed by atoms with E-state index in [1.54, 1.807) is 0 Å². The molecule has 0 spiro atoms. The van der Waals surface area contributed by atoms with Crippen LogP contribution >= 0.6 is 15.6 Å². The van der Waals surface area contributed by atoms with Crippen molar-refractivity contribution in [1.29, 1.82) is 0 Å². The molecule has 0 aromatic heterocycles. The average Bonchev–Trinajstić information content (AvgIpc) is 1.12. The summed E-state index contributed by atoms with van der Waals surface area (Å²) in [6.07, 6.45) is 0. The van der Waals surface area contributed by atoms with Crippen LogP contribution in [0.5, 0.6) is 0 Å². The van der Waals surface area contributed by atoms with E-state index < -0.39 is 15.6 Å². The minimum Gasteiger partial charge on any atom is -0.822 e. The molecule has 0 aromatic carbocycles. The third-order valence-electron chi connectivity index (χ3n) is 0. The maximum atomic E-state index is 8.55. The SMILES string of the molecule is O.O=P([O-])([O-])[O-].O=P([O-])([O-])[O-].[Co+2].[Fe+2].[Mn+2]. The van der Waals surface area contributed by atoms with Gasteiger partial charge < -0.3 is 44.0 Å². The van der Waals surface area contributed by atoms with Crippen LogP contribution < -0.4 is 29.4 Å². The van der Waals surface area contributed by atoms with E-state index in [4.69, 9.17) is 38.5 Å². The fraction of sp³-hybridized carbons (Fsp3) is 0. The molecule has 0 bridgehead atoms. The molecule has 90 valence electrons. The number of hydrogen-bond acceptors (Lipinski definition) is 8. The van der Waals surface area contributed by atoms with Gasteiger partial charge in [0.05, 0.1) is 0 Å². The second kappa shape index (κ2) is 14.7. The summed E-state index contributed by atoms with van der Waals surface area (Å²) < 4.78 is 17.1. The topological polar surface area (TPSA) is 204 Å². The van der Waals surface area contributed by atoms with E-state index in [2.05, 4.69) is 0 Å². The first-order valence-electron chi connectivity index (χ1n) is 1.46. The standard InChI is InChI=1S/Co.Fe.Mn.2H3O4P.H2O/c;;;2*1-5(2,3)4;/h;;;2*(H3,1,2,3,4);1H2/q3*+2;;;/p-6. The predicted molar refractivity (Wildman–Crippen MR) is 18.8 cm³/mol. The molecule has 14 heteroatoms. The molecule has 0 rings (SSSR count). The van der Waals surface area contributed by atoms with Crippen molar-refractivity contribution in [2.75, 3.05) is 0 Å². The maximum Gasteiger partial charge on any atom is 2.00 e. The van der Waals surface area contributed by atoms with Crippen molar-refractivity contribution < 1.29 is 94.9 Å². The largest absolute Gasteiger partial charge is 2.00 e. The maximum absolute atomic E-state index is 8.55. The molecule has 0 saturated carbocycles. The molecular weight excluding hydrogens is 376 g/mol. The van der Waals surface area contributed by atoms with Gasteiger partial charge in [-0.15, -0.1) is 0 Å². The normalized spacial score (nSPS) is 8.43. The summed E-state index contributed by atoms with van der Waals surface area (Å²) in [4.78, 5) is 51.3. The van der Waals surface area contributed by atoms with Crippen molar-refractivity contribution in [1.82, 2.24) is 0 Å². The van der Waals surface area contributed by atoms with Crippen molar-refractivity contribution in [2.45, 2.75) is 0 Å². The van der Waals surface area contributed by atoms with Crippen LogP contribution in [0, 0.1) is 0 Å². The van der Waals surface area contributed by atoms with Crippen molar-refractivity contribution >= 4 is 15.6 Å². The molecule has 0 amide bonds. The van der Waals surface area contributed by atoms with Gasteiger partial charge in [0.25, 0.3) is 0 Å². The first kappa shape index (κ1) is 36.1. The van der Waals surface area contributed by atoms with Gasteiger partial charge in [-0.2, -0.15) is 15.6 Å². The Labute approximate surface area is 110 Å². The quantitative estimate of drug-likeness (QED) is 0.292. The number of rotatable bonds is 0. The van der Waals surface area contributed by atoms with Gasteiger partial charge in [0, 0.05) is 0 Å². The fourth-order valence-electron chi connectivity index (χ4n) is 0. The number of hydrogen-bond donors (Lipinski definition) is 0. The molecule has 0 aliphatic heterocycles. The van der Waals surface area contributed by atoms with E-state index in [-0.39, 0.29) is 56.4 Å². The summed E-state index contributed by atoms with van der Waals surface area (Å²) in [6.45, 7) is 0. The Bertz CT molecular complexity index is 135. The summed E-state index contributed by atoms with van der Waals surface area (Å²) in [7, 11) is -10.8. The Morgan fingerprint density at radius 2 is 0.714 bits per heavy atom. The Kier molecular flexibility index (Phi) is 37.9. The van der Waals surface area contributed by atoms with E-state index in [9.17, 15) is 0 Å². The molecule has 0 saturated heterocycles. The third-order valence-corrected chi connectivity index (χ3v) is 0. The van der Waals surface area contributed by atoms with Gasteiger partial charge in [0.2, 0.25) is 0 Å². The van der Waals surface area contributed by atoms with Gasteiger partial charge in [-0.1, -0.05) is 0 Å². The summed E-state index contributed by atoms with van der Waals surface area (Å²) in [5.74, 6) is 0. The van der Waals surface area contributed by atoms with Crippen molar-refractivity contribution in [3.8, 4) is 0 Å². The molecule has 2 radical (unpaired) electrons. The second-order valence-corrected chi connectivity index (χ2v) is 2.68. The van der Waals surface area contributed by atoms with E-state index in [1.165, 1.54) is 0 Å². The Balaban J connectivity index is -0.0000000178. The summed E-state index contributed by atoms with van der Waals surface area (Å²) in [6, 6.07) is 0. The monoisotopic (exact) mass is 378 g/mol. The van der Waals surface area contributed by atoms with Crippen LogP contribution in [0.1, 0.15) is 0 Å². The van der Waals surface area contributed by atoms with Crippen molar-refractivity contribution in [2.24, 2.45) is 0 Å². The Hall–Kier alpha value is 1.73. The molecule has 0 aliphatic carbocycles. The van der Waals surface area contributed by atoms with Crippen molar-refractivity contribution in [3.63, 3.8) is 0 Å². The van der Waals surface area contributed by atoms with Crippen LogP contribution in [0.4, 0.5) is 0 Å². The van der Waals surface area contributed by atoms with Gasteiger partial charge >= 0.3 is 50.9 Å². The van der Waals surface area contributed by atoms with Gasteiger partial charge in [-0.05, 0) is 0 Å². The third kappa shape index (κ3) is 747. The molecule has 0 fully saturated rings. The molecule has 14 heavy (non-hydrogen) atoms. The first-order valence-corrected chi connectivity index (χ1v) is 4.38. The summed E-state index contributed by atoms with van der Waals surface area (Å²) in [5, 5.41) is 0.